The molecule has 0 nitrogen and oxygen atoms in total. The van der Waals surface area contributed by atoms with Crippen LogP contribution in [0.2, 0.25) is 5.02 Å². The van der Waals surface area contributed by atoms with Gasteiger partial charge < -0.3 is 0 Å². The fourth-order valence-electron chi connectivity index (χ4n) is 2.39. The van der Waals surface area contributed by atoms with E-state index in [2.05, 4.69) is 63.0 Å². The molecule has 0 N–H and O–H groups in total. The van der Waals surface area contributed by atoms with E-state index in [1.807, 2.05) is 0 Å². The van der Waals surface area contributed by atoms with Gasteiger partial charge in [0.1, 0.15) is 5.82 Å². The third-order valence-electron chi connectivity index (χ3n) is 3.69. The fraction of sp³-hybridized carbons (Fsp3) is 0.294. The molecule has 0 aliphatic rings. The third kappa shape index (κ3) is 3.88. The van der Waals surface area contributed by atoms with Gasteiger partial charge in [0.2, 0.25) is 0 Å². The van der Waals surface area contributed by atoms with Crippen LogP contribution < -0.4 is 0 Å². The van der Waals surface area contributed by atoms with Gasteiger partial charge >= 0.3 is 0 Å². The summed E-state index contributed by atoms with van der Waals surface area (Å²) in [6.07, 6.45) is 0.742. The summed E-state index contributed by atoms with van der Waals surface area (Å²) in [5, 5.41) is 2.07. The average molecular weight is 435 g/mol. The van der Waals surface area contributed by atoms with Crippen molar-refractivity contribution in [1.29, 1.82) is 0 Å². The number of rotatable bonds is 5. The predicted molar refractivity (Wildman–Crippen MR) is 95.6 cm³/mol. The molecule has 0 unspecified atom stereocenters. The fourth-order valence-corrected chi connectivity index (χ4v) is 4.60. The molecule has 0 aromatic heterocycles. The summed E-state index contributed by atoms with van der Waals surface area (Å²) in [5.74, 6) is -0.303. The summed E-state index contributed by atoms with van der Waals surface area (Å²) in [6, 6.07) is 13.1. The monoisotopic (exact) mass is 432 g/mol. The van der Waals surface area contributed by atoms with Crippen LogP contribution in [0.15, 0.2) is 42.5 Å². The van der Waals surface area contributed by atoms with Gasteiger partial charge in [0.25, 0.3) is 0 Å². The second-order valence-corrected chi connectivity index (χ2v) is 6.86. The first-order chi connectivity index (χ1) is 10.0. The normalized spacial score (nSPS) is 11.7. The van der Waals surface area contributed by atoms with Crippen LogP contribution in [0.1, 0.15) is 16.7 Å². The van der Waals surface area contributed by atoms with Gasteiger partial charge in [-0.25, -0.2) is 4.39 Å². The molecule has 2 aromatic rings. The Balaban J connectivity index is 2.43. The van der Waals surface area contributed by atoms with E-state index in [9.17, 15) is 4.39 Å². The predicted octanol–water partition coefficient (Wildman–Crippen LogP) is 6.06. The van der Waals surface area contributed by atoms with E-state index >= 15 is 0 Å². The zero-order chi connectivity index (χ0) is 15.5. The number of benzene rings is 2. The summed E-state index contributed by atoms with van der Waals surface area (Å²) in [7, 11) is 0. The second kappa shape index (κ2) is 7.26. The van der Waals surface area contributed by atoms with E-state index in [1.54, 1.807) is 6.07 Å². The quantitative estimate of drug-likeness (QED) is 0.502. The molecular weight excluding hydrogens is 418 g/mol. The van der Waals surface area contributed by atoms with E-state index in [0.717, 1.165) is 22.6 Å². The van der Waals surface area contributed by atoms with Crippen LogP contribution in [0.25, 0.3) is 0 Å². The summed E-state index contributed by atoms with van der Waals surface area (Å²) < 4.78 is 13.2. The van der Waals surface area contributed by atoms with Gasteiger partial charge in [-0.05, 0) is 36.6 Å². The highest BCUT2D eigenvalue weighted by Gasteiger charge is 2.31. The molecule has 0 saturated carbocycles. The van der Waals surface area contributed by atoms with Gasteiger partial charge in [0.05, 0.1) is 0 Å². The lowest BCUT2D eigenvalue weighted by Gasteiger charge is -2.31. The molecule has 0 fully saturated rings. The lowest BCUT2D eigenvalue weighted by atomic mass is 9.78. The molecule has 21 heavy (non-hydrogen) atoms. The minimum atomic E-state index is -0.303. The zero-order valence-electron chi connectivity index (χ0n) is 11.7. The van der Waals surface area contributed by atoms with Crippen molar-refractivity contribution in [3.63, 3.8) is 0 Å². The molecule has 0 aliphatic carbocycles. The first kappa shape index (κ1) is 17.0. The van der Waals surface area contributed by atoms with Crippen LogP contribution in [0.4, 0.5) is 4.39 Å². The SMILES string of the molecule is Cc1cccc(C(CBr)(CBr)Cc2ccc(F)cc2Cl)c1. The smallest absolute Gasteiger partial charge is 0.124 e. The molecule has 0 spiro atoms. The number of aryl methyl sites for hydroxylation is 1. The lowest BCUT2D eigenvalue weighted by Crippen LogP contribution is -2.33. The summed E-state index contributed by atoms with van der Waals surface area (Å²) >= 11 is 13.5. The maximum absolute atomic E-state index is 13.2. The molecule has 112 valence electrons. The molecule has 0 radical (unpaired) electrons. The average Bonchev–Trinajstić information content (AvgIpc) is 2.47. The van der Waals surface area contributed by atoms with Gasteiger partial charge in [-0.15, -0.1) is 0 Å². The summed E-state index contributed by atoms with van der Waals surface area (Å²) in [5.41, 5.74) is 3.31. The Morgan fingerprint density at radius 1 is 1.10 bits per heavy atom. The molecule has 0 saturated heterocycles. The van der Waals surface area contributed by atoms with Crippen molar-refractivity contribution in [3.8, 4) is 0 Å². The van der Waals surface area contributed by atoms with Crippen LogP contribution >= 0.6 is 43.5 Å². The van der Waals surface area contributed by atoms with Crippen LogP contribution in [-0.2, 0) is 11.8 Å². The summed E-state index contributed by atoms with van der Waals surface area (Å²) in [4.78, 5) is 0. The van der Waals surface area contributed by atoms with Crippen molar-refractivity contribution in [2.75, 3.05) is 10.7 Å². The van der Waals surface area contributed by atoms with Gasteiger partial charge in [-0.1, -0.05) is 79.4 Å². The number of alkyl halides is 2. The van der Waals surface area contributed by atoms with E-state index < -0.39 is 0 Å². The van der Waals surface area contributed by atoms with E-state index in [-0.39, 0.29) is 11.2 Å². The van der Waals surface area contributed by atoms with E-state index in [1.165, 1.54) is 23.3 Å². The van der Waals surface area contributed by atoms with E-state index in [4.69, 9.17) is 11.6 Å². The Hall–Kier alpha value is -0.380. The molecule has 0 heterocycles. The molecule has 0 amide bonds. The third-order valence-corrected chi connectivity index (χ3v) is 6.18. The lowest BCUT2D eigenvalue weighted by molar-refractivity contribution is 0.549. The van der Waals surface area contributed by atoms with Crippen LogP contribution in [0.3, 0.4) is 0 Å². The molecule has 2 aromatic carbocycles. The zero-order valence-corrected chi connectivity index (χ0v) is 15.6. The molecule has 0 atom stereocenters. The molecule has 4 heteroatoms. The Kier molecular flexibility index (Phi) is 5.87. The van der Waals surface area contributed by atoms with Gasteiger partial charge in [-0.2, -0.15) is 0 Å². The van der Waals surface area contributed by atoms with Crippen LogP contribution in [0.5, 0.6) is 0 Å². The highest BCUT2D eigenvalue weighted by Crippen LogP contribution is 2.35. The molecular formula is C17H16Br2ClF. The Bertz CT molecular complexity index is 624. The van der Waals surface area contributed by atoms with Gasteiger partial charge in [-0.3, -0.25) is 0 Å². The Morgan fingerprint density at radius 3 is 2.38 bits per heavy atom. The van der Waals surface area contributed by atoms with Crippen molar-refractivity contribution in [1.82, 2.24) is 0 Å². The first-order valence-corrected chi connectivity index (χ1v) is 9.26. The van der Waals surface area contributed by atoms with Crippen LogP contribution in [0, 0.1) is 12.7 Å². The molecule has 0 bridgehead atoms. The maximum Gasteiger partial charge on any atom is 0.124 e. The van der Waals surface area contributed by atoms with Crippen LogP contribution in [-0.4, -0.2) is 10.7 Å². The second-order valence-electron chi connectivity index (χ2n) is 5.33. The highest BCUT2D eigenvalue weighted by atomic mass is 79.9. The van der Waals surface area contributed by atoms with Crippen molar-refractivity contribution >= 4 is 43.5 Å². The Labute approximate surface area is 147 Å². The molecule has 2 rings (SSSR count). The highest BCUT2D eigenvalue weighted by molar-refractivity contribution is 9.09. The summed E-state index contributed by atoms with van der Waals surface area (Å²) in [6.45, 7) is 2.08. The number of halogens is 4. The van der Waals surface area contributed by atoms with Crippen molar-refractivity contribution in [2.24, 2.45) is 0 Å². The first-order valence-electron chi connectivity index (χ1n) is 6.64. The topological polar surface area (TPSA) is 0 Å². The van der Waals surface area contributed by atoms with Gasteiger partial charge in [0.15, 0.2) is 0 Å². The Morgan fingerprint density at radius 2 is 1.81 bits per heavy atom. The molecule has 0 aliphatic heterocycles. The number of hydrogen-bond donors (Lipinski definition) is 0. The van der Waals surface area contributed by atoms with E-state index in [0.29, 0.717) is 5.02 Å². The van der Waals surface area contributed by atoms with Gasteiger partial charge in [0, 0.05) is 21.1 Å². The minimum absolute atomic E-state index is 0.118. The largest absolute Gasteiger partial charge is 0.207 e. The standard InChI is InChI=1S/C17H16Br2ClF/c1-12-3-2-4-14(7-12)17(10-18,11-19)9-13-5-6-15(21)8-16(13)20/h2-8H,9-11H2,1H3. The van der Waals surface area contributed by atoms with Crippen molar-refractivity contribution in [2.45, 2.75) is 18.8 Å². The maximum atomic E-state index is 13.2. The number of hydrogen-bond acceptors (Lipinski definition) is 0. The van der Waals surface area contributed by atoms with Crippen molar-refractivity contribution < 1.29 is 4.39 Å². The van der Waals surface area contributed by atoms with Crippen molar-refractivity contribution in [3.05, 3.63) is 70.0 Å². The minimum Gasteiger partial charge on any atom is -0.207 e.